The van der Waals surface area contributed by atoms with Gasteiger partial charge in [-0.1, -0.05) is 12.1 Å². The molecule has 0 radical (unpaired) electrons. The fraction of sp³-hybridized carbons (Fsp3) is 0.533. The number of hydrogen-bond donors (Lipinski definition) is 0. The van der Waals surface area contributed by atoms with Crippen LogP contribution in [0, 0.1) is 19.3 Å². The lowest BCUT2D eigenvalue weighted by molar-refractivity contribution is -0.00104. The molecular formula is C15H16F2N4. The molecule has 2 aliphatic rings. The highest BCUT2D eigenvalue weighted by Gasteiger charge is 2.76. The zero-order valence-electron chi connectivity index (χ0n) is 12.0. The highest BCUT2D eigenvalue weighted by molar-refractivity contribution is 5.56. The second-order valence-corrected chi connectivity index (χ2v) is 6.46. The lowest BCUT2D eigenvalue weighted by Gasteiger charge is -2.34. The van der Waals surface area contributed by atoms with E-state index in [0.29, 0.717) is 18.7 Å². The molecule has 6 heteroatoms. The molecule has 0 bridgehead atoms. The van der Waals surface area contributed by atoms with Crippen molar-refractivity contribution in [2.45, 2.75) is 45.1 Å². The standard InChI is InChI=1S/C15H16F2N4/c1-9-3-4-11(5-10(9)2)13-18-20-21(19-13)12-6-14(7-12)8-15(14,16)17/h3-5,12H,6-8H2,1-2H3/t12-,14-. The van der Waals surface area contributed by atoms with Gasteiger partial charge >= 0.3 is 0 Å². The Bertz CT molecular complexity index is 716. The molecule has 110 valence electrons. The van der Waals surface area contributed by atoms with Crippen LogP contribution < -0.4 is 0 Å². The third-order valence-corrected chi connectivity index (χ3v) is 4.98. The summed E-state index contributed by atoms with van der Waals surface area (Å²) in [5, 5.41) is 12.5. The largest absolute Gasteiger partial charge is 0.254 e. The Labute approximate surface area is 121 Å². The average Bonchev–Trinajstić information content (AvgIpc) is 2.77. The van der Waals surface area contributed by atoms with Gasteiger partial charge in [-0.25, -0.2) is 8.78 Å². The molecular weight excluding hydrogens is 274 g/mol. The van der Waals surface area contributed by atoms with Gasteiger partial charge in [0.25, 0.3) is 5.92 Å². The van der Waals surface area contributed by atoms with Crippen molar-refractivity contribution in [1.82, 2.24) is 20.2 Å². The summed E-state index contributed by atoms with van der Waals surface area (Å²) in [5.41, 5.74) is 2.54. The maximum Gasteiger partial charge on any atom is 0.254 e. The Kier molecular flexibility index (Phi) is 2.37. The van der Waals surface area contributed by atoms with Gasteiger partial charge in [0.1, 0.15) is 0 Å². The van der Waals surface area contributed by atoms with Gasteiger partial charge in [-0.3, -0.25) is 0 Å². The van der Waals surface area contributed by atoms with Crippen LogP contribution in [0.1, 0.15) is 36.4 Å². The van der Waals surface area contributed by atoms with Crippen molar-refractivity contribution in [1.29, 1.82) is 0 Å². The fourth-order valence-corrected chi connectivity index (χ4v) is 3.21. The van der Waals surface area contributed by atoms with Gasteiger partial charge in [0.15, 0.2) is 0 Å². The Morgan fingerprint density at radius 3 is 2.52 bits per heavy atom. The maximum absolute atomic E-state index is 13.2. The minimum atomic E-state index is -2.47. The summed E-state index contributed by atoms with van der Waals surface area (Å²) in [5.74, 6) is -1.91. The molecule has 0 aliphatic heterocycles. The molecule has 1 aromatic heterocycles. The van der Waals surface area contributed by atoms with E-state index in [-0.39, 0.29) is 12.5 Å². The van der Waals surface area contributed by atoms with Gasteiger partial charge in [-0.15, -0.1) is 10.2 Å². The van der Waals surface area contributed by atoms with Crippen LogP contribution in [0.5, 0.6) is 0 Å². The van der Waals surface area contributed by atoms with Gasteiger partial charge in [0.05, 0.1) is 6.04 Å². The highest BCUT2D eigenvalue weighted by Crippen LogP contribution is 2.73. The van der Waals surface area contributed by atoms with Crippen LogP contribution in [0.2, 0.25) is 0 Å². The average molecular weight is 290 g/mol. The van der Waals surface area contributed by atoms with Crippen molar-refractivity contribution < 1.29 is 8.78 Å². The molecule has 0 unspecified atom stereocenters. The number of halogens is 2. The number of aromatic nitrogens is 4. The van der Waals surface area contributed by atoms with Crippen LogP contribution in [0.15, 0.2) is 18.2 Å². The third-order valence-electron chi connectivity index (χ3n) is 4.98. The van der Waals surface area contributed by atoms with Crippen molar-refractivity contribution in [3.8, 4) is 11.4 Å². The molecule has 21 heavy (non-hydrogen) atoms. The molecule has 0 saturated heterocycles. The van der Waals surface area contributed by atoms with Crippen molar-refractivity contribution in [2.24, 2.45) is 5.41 Å². The van der Waals surface area contributed by atoms with Crippen LogP contribution in [0.25, 0.3) is 11.4 Å². The normalized spacial score (nSPS) is 29.4. The van der Waals surface area contributed by atoms with Crippen molar-refractivity contribution in [2.75, 3.05) is 0 Å². The zero-order chi connectivity index (χ0) is 14.8. The molecule has 4 rings (SSSR count). The number of alkyl halides is 2. The number of rotatable bonds is 2. The smallest absolute Gasteiger partial charge is 0.206 e. The Balaban J connectivity index is 1.53. The number of tetrazole rings is 1. The van der Waals surface area contributed by atoms with E-state index in [4.69, 9.17) is 0 Å². The molecule has 2 aliphatic carbocycles. The molecule has 4 nitrogen and oxygen atoms in total. The third kappa shape index (κ3) is 1.81. The van der Waals surface area contributed by atoms with E-state index in [1.165, 1.54) is 15.9 Å². The summed E-state index contributed by atoms with van der Waals surface area (Å²) in [6.45, 7) is 4.08. The molecule has 1 heterocycles. The Morgan fingerprint density at radius 2 is 1.90 bits per heavy atom. The SMILES string of the molecule is Cc1ccc(-c2nnn([C@H]3C[C@@]4(CC4(F)F)C3)n2)cc1C. The first-order valence-electron chi connectivity index (χ1n) is 7.15. The van der Waals surface area contributed by atoms with E-state index in [1.54, 1.807) is 0 Å². The minimum Gasteiger partial charge on any atom is -0.206 e. The van der Waals surface area contributed by atoms with E-state index < -0.39 is 11.3 Å². The van der Waals surface area contributed by atoms with Crippen LogP contribution in [-0.2, 0) is 0 Å². The molecule has 2 saturated carbocycles. The molecule has 2 fully saturated rings. The predicted molar refractivity (Wildman–Crippen MR) is 73.0 cm³/mol. The van der Waals surface area contributed by atoms with Crippen molar-refractivity contribution in [3.05, 3.63) is 29.3 Å². The number of benzene rings is 1. The van der Waals surface area contributed by atoms with E-state index in [9.17, 15) is 8.78 Å². The highest BCUT2D eigenvalue weighted by atomic mass is 19.3. The first-order chi connectivity index (χ1) is 9.90. The van der Waals surface area contributed by atoms with Gasteiger partial charge in [-0.05, 0) is 49.1 Å². The number of aryl methyl sites for hydroxylation is 2. The van der Waals surface area contributed by atoms with Gasteiger partial charge in [0, 0.05) is 17.4 Å². The van der Waals surface area contributed by atoms with E-state index in [1.807, 2.05) is 32.0 Å². The fourth-order valence-electron chi connectivity index (χ4n) is 3.21. The number of hydrogen-bond acceptors (Lipinski definition) is 3. The van der Waals surface area contributed by atoms with Crippen molar-refractivity contribution >= 4 is 0 Å². The second kappa shape index (κ2) is 3.87. The van der Waals surface area contributed by atoms with Crippen LogP contribution in [0.3, 0.4) is 0 Å². The summed E-state index contributed by atoms with van der Waals surface area (Å²) in [4.78, 5) is 1.50. The first kappa shape index (κ1) is 12.9. The minimum absolute atomic E-state index is 0.0230. The van der Waals surface area contributed by atoms with Gasteiger partial charge in [-0.2, -0.15) is 4.80 Å². The number of nitrogens with zero attached hydrogens (tertiary/aromatic N) is 4. The molecule has 0 atom stereocenters. The summed E-state index contributed by atoms with van der Waals surface area (Å²) >= 11 is 0. The predicted octanol–water partition coefficient (Wildman–Crippen LogP) is 3.32. The quantitative estimate of drug-likeness (QED) is 0.852. The summed E-state index contributed by atoms with van der Waals surface area (Å²) < 4.78 is 26.4. The lowest BCUT2D eigenvalue weighted by atomic mass is 9.76. The monoisotopic (exact) mass is 290 g/mol. The first-order valence-corrected chi connectivity index (χ1v) is 7.15. The van der Waals surface area contributed by atoms with E-state index in [2.05, 4.69) is 15.4 Å². The zero-order valence-corrected chi connectivity index (χ0v) is 12.0. The van der Waals surface area contributed by atoms with Crippen LogP contribution in [-0.4, -0.2) is 26.1 Å². The van der Waals surface area contributed by atoms with Crippen molar-refractivity contribution in [3.63, 3.8) is 0 Å². The Hall–Kier alpha value is -1.85. The maximum atomic E-state index is 13.2. The summed E-state index contributed by atoms with van der Waals surface area (Å²) in [6, 6.07) is 5.97. The van der Waals surface area contributed by atoms with Gasteiger partial charge in [0.2, 0.25) is 5.82 Å². The molecule has 2 aromatic rings. The summed E-state index contributed by atoms with van der Waals surface area (Å²) in [6.07, 6.45) is 0.945. The van der Waals surface area contributed by atoms with Crippen LogP contribution in [0.4, 0.5) is 8.78 Å². The molecule has 1 aromatic carbocycles. The molecule has 0 amide bonds. The van der Waals surface area contributed by atoms with Gasteiger partial charge < -0.3 is 0 Å². The lowest BCUT2D eigenvalue weighted by Crippen LogP contribution is -2.33. The molecule has 0 N–H and O–H groups in total. The van der Waals surface area contributed by atoms with Crippen LogP contribution >= 0.6 is 0 Å². The Morgan fingerprint density at radius 1 is 1.19 bits per heavy atom. The topological polar surface area (TPSA) is 43.6 Å². The van der Waals surface area contributed by atoms with E-state index in [0.717, 1.165) is 5.56 Å². The molecule has 1 spiro atoms. The second-order valence-electron chi connectivity index (χ2n) is 6.46. The summed E-state index contributed by atoms with van der Waals surface area (Å²) in [7, 11) is 0. The van der Waals surface area contributed by atoms with E-state index >= 15 is 0 Å².